The number of halogens is 2. The van der Waals surface area contributed by atoms with Crippen LogP contribution in [-0.2, 0) is 11.3 Å². The molecule has 1 N–H and O–H groups in total. The summed E-state index contributed by atoms with van der Waals surface area (Å²) >= 11 is 5.93. The van der Waals surface area contributed by atoms with Gasteiger partial charge in [-0.1, -0.05) is 23.7 Å². The van der Waals surface area contributed by atoms with Crippen LogP contribution in [0.15, 0.2) is 18.2 Å². The van der Waals surface area contributed by atoms with Crippen molar-refractivity contribution < 1.29 is 14.3 Å². The van der Waals surface area contributed by atoms with Gasteiger partial charge in [-0.15, -0.1) is 0 Å². The van der Waals surface area contributed by atoms with Crippen molar-refractivity contribution in [2.24, 2.45) is 0 Å². The first-order valence-corrected chi connectivity index (χ1v) is 6.99. The van der Waals surface area contributed by atoms with Crippen molar-refractivity contribution >= 4 is 17.5 Å². The molecule has 1 aliphatic heterocycles. The summed E-state index contributed by atoms with van der Waals surface area (Å²) in [6.45, 7) is 4.54. The van der Waals surface area contributed by atoms with Crippen LogP contribution in [0, 0.1) is 5.82 Å². The summed E-state index contributed by atoms with van der Waals surface area (Å²) in [5, 5.41) is 9.44. The fourth-order valence-corrected chi connectivity index (χ4v) is 2.49. The van der Waals surface area contributed by atoms with E-state index < -0.39 is 11.9 Å². The van der Waals surface area contributed by atoms with E-state index in [2.05, 4.69) is 4.90 Å². The molecule has 0 spiro atoms. The Kier molecular flexibility index (Phi) is 4.96. The molecule has 0 radical (unpaired) electrons. The first kappa shape index (κ1) is 15.2. The highest BCUT2D eigenvalue weighted by Gasteiger charge is 2.24. The van der Waals surface area contributed by atoms with Gasteiger partial charge in [0.05, 0.1) is 5.02 Å². The lowest BCUT2D eigenvalue weighted by molar-refractivity contribution is -0.141. The van der Waals surface area contributed by atoms with Crippen LogP contribution in [0.3, 0.4) is 0 Å². The quantitative estimate of drug-likeness (QED) is 0.920. The third kappa shape index (κ3) is 3.48. The molecular weight excluding hydrogens is 283 g/mol. The minimum atomic E-state index is -0.959. The molecule has 0 aliphatic carbocycles. The van der Waals surface area contributed by atoms with Crippen molar-refractivity contribution in [3.63, 3.8) is 0 Å². The van der Waals surface area contributed by atoms with E-state index in [1.807, 2.05) is 0 Å². The summed E-state index contributed by atoms with van der Waals surface area (Å²) in [5.41, 5.74) is 0.752. The molecule has 1 saturated heterocycles. The van der Waals surface area contributed by atoms with Gasteiger partial charge in [-0.2, -0.15) is 0 Å². The molecule has 1 aliphatic rings. The lowest BCUT2D eigenvalue weighted by Crippen LogP contribution is -2.50. The van der Waals surface area contributed by atoms with Gasteiger partial charge >= 0.3 is 0 Å². The topological polar surface area (TPSA) is 43.8 Å². The number of rotatable bonds is 3. The van der Waals surface area contributed by atoms with Gasteiger partial charge in [0.2, 0.25) is 0 Å². The zero-order valence-corrected chi connectivity index (χ0v) is 12.1. The standard InChI is InChI=1S/C14H18ClFN2O2/c1-10(19)14(20)18-7-5-17(6-8-18)9-11-3-2-4-12(16)13(11)15/h2-4,10,19H,5-9H2,1H3. The van der Waals surface area contributed by atoms with Crippen molar-refractivity contribution in [3.8, 4) is 0 Å². The molecule has 1 aromatic carbocycles. The Morgan fingerprint density at radius 1 is 1.40 bits per heavy atom. The zero-order valence-electron chi connectivity index (χ0n) is 11.4. The Morgan fingerprint density at radius 3 is 2.65 bits per heavy atom. The monoisotopic (exact) mass is 300 g/mol. The minimum absolute atomic E-state index is 0.162. The van der Waals surface area contributed by atoms with Gasteiger partial charge in [-0.3, -0.25) is 9.69 Å². The number of hydrogen-bond acceptors (Lipinski definition) is 3. The van der Waals surface area contributed by atoms with E-state index in [1.54, 1.807) is 17.0 Å². The summed E-state index contributed by atoms with van der Waals surface area (Å²) in [6, 6.07) is 4.79. The van der Waals surface area contributed by atoms with Gasteiger partial charge in [-0.05, 0) is 18.6 Å². The zero-order chi connectivity index (χ0) is 14.7. The second kappa shape index (κ2) is 6.52. The van der Waals surface area contributed by atoms with Gasteiger partial charge in [0.25, 0.3) is 5.91 Å². The largest absolute Gasteiger partial charge is 0.384 e. The Labute approximate surface area is 122 Å². The summed E-state index contributed by atoms with van der Waals surface area (Å²) in [5.74, 6) is -0.652. The van der Waals surface area contributed by atoms with Crippen LogP contribution in [0.5, 0.6) is 0 Å². The maximum atomic E-state index is 13.4. The maximum Gasteiger partial charge on any atom is 0.251 e. The molecule has 1 atom stereocenters. The van der Waals surface area contributed by atoms with Crippen molar-refractivity contribution in [2.45, 2.75) is 19.6 Å². The average Bonchev–Trinajstić information content (AvgIpc) is 2.44. The number of amides is 1. The summed E-state index contributed by atoms with van der Waals surface area (Å²) in [6.07, 6.45) is -0.959. The molecule has 1 heterocycles. The minimum Gasteiger partial charge on any atom is -0.384 e. The number of nitrogens with zero attached hydrogens (tertiary/aromatic N) is 2. The molecule has 1 unspecified atom stereocenters. The molecule has 0 saturated carbocycles. The molecule has 1 fully saturated rings. The molecule has 4 nitrogen and oxygen atoms in total. The first-order chi connectivity index (χ1) is 9.49. The smallest absolute Gasteiger partial charge is 0.251 e. The van der Waals surface area contributed by atoms with Crippen LogP contribution in [0.25, 0.3) is 0 Å². The summed E-state index contributed by atoms with van der Waals surface area (Å²) < 4.78 is 13.4. The second-order valence-corrected chi connectivity index (χ2v) is 5.37. The number of benzene rings is 1. The highest BCUT2D eigenvalue weighted by Crippen LogP contribution is 2.21. The van der Waals surface area contributed by atoms with Gasteiger partial charge in [-0.25, -0.2) is 4.39 Å². The SMILES string of the molecule is CC(O)C(=O)N1CCN(Cc2cccc(F)c2Cl)CC1. The van der Waals surface area contributed by atoms with Crippen LogP contribution in [0.1, 0.15) is 12.5 Å². The summed E-state index contributed by atoms with van der Waals surface area (Å²) in [7, 11) is 0. The molecular formula is C14H18ClFN2O2. The second-order valence-electron chi connectivity index (χ2n) is 4.99. The Hall–Kier alpha value is -1.17. The van der Waals surface area contributed by atoms with Crippen LogP contribution in [-0.4, -0.2) is 53.1 Å². The van der Waals surface area contributed by atoms with Gasteiger partial charge in [0.15, 0.2) is 0 Å². The molecule has 20 heavy (non-hydrogen) atoms. The van der Waals surface area contributed by atoms with E-state index in [-0.39, 0.29) is 10.9 Å². The van der Waals surface area contributed by atoms with Crippen molar-refractivity contribution in [1.82, 2.24) is 9.80 Å². The predicted octanol–water partition coefficient (Wildman–Crippen LogP) is 1.50. The Balaban J connectivity index is 1.92. The highest BCUT2D eigenvalue weighted by atomic mass is 35.5. The van der Waals surface area contributed by atoms with Gasteiger partial charge < -0.3 is 10.0 Å². The molecule has 1 aromatic rings. The third-order valence-corrected chi connectivity index (χ3v) is 3.89. The van der Waals surface area contributed by atoms with Crippen LogP contribution >= 0.6 is 11.6 Å². The third-order valence-electron chi connectivity index (χ3n) is 3.47. The molecule has 0 aromatic heterocycles. The van der Waals surface area contributed by atoms with Gasteiger partial charge in [0, 0.05) is 32.7 Å². The number of aliphatic hydroxyl groups excluding tert-OH is 1. The average molecular weight is 301 g/mol. The predicted molar refractivity (Wildman–Crippen MR) is 74.9 cm³/mol. The Morgan fingerprint density at radius 2 is 2.05 bits per heavy atom. The summed E-state index contributed by atoms with van der Waals surface area (Å²) in [4.78, 5) is 15.4. The Bertz CT molecular complexity index is 488. The molecule has 0 bridgehead atoms. The molecule has 110 valence electrons. The first-order valence-electron chi connectivity index (χ1n) is 6.61. The van der Waals surface area contributed by atoms with Crippen LogP contribution < -0.4 is 0 Å². The van der Waals surface area contributed by atoms with E-state index in [0.29, 0.717) is 32.7 Å². The molecule has 6 heteroatoms. The van der Waals surface area contributed by atoms with E-state index in [1.165, 1.54) is 13.0 Å². The van der Waals surface area contributed by atoms with Crippen LogP contribution in [0.4, 0.5) is 4.39 Å². The molecule has 1 amide bonds. The van der Waals surface area contributed by atoms with Crippen molar-refractivity contribution in [3.05, 3.63) is 34.6 Å². The van der Waals surface area contributed by atoms with E-state index in [4.69, 9.17) is 11.6 Å². The highest BCUT2D eigenvalue weighted by molar-refractivity contribution is 6.31. The van der Waals surface area contributed by atoms with Gasteiger partial charge in [0.1, 0.15) is 11.9 Å². The van der Waals surface area contributed by atoms with Crippen LogP contribution in [0.2, 0.25) is 5.02 Å². The fraction of sp³-hybridized carbons (Fsp3) is 0.500. The van der Waals surface area contributed by atoms with E-state index in [9.17, 15) is 14.3 Å². The van der Waals surface area contributed by atoms with Crippen molar-refractivity contribution in [2.75, 3.05) is 26.2 Å². The number of aliphatic hydroxyl groups is 1. The maximum absolute atomic E-state index is 13.4. The normalized spacial score (nSPS) is 18.1. The molecule has 2 rings (SSSR count). The lowest BCUT2D eigenvalue weighted by Gasteiger charge is -2.35. The van der Waals surface area contributed by atoms with Crippen molar-refractivity contribution in [1.29, 1.82) is 0 Å². The number of piperazine rings is 1. The lowest BCUT2D eigenvalue weighted by atomic mass is 10.2. The number of carbonyl (C=O) groups excluding carboxylic acids is 1. The van der Waals surface area contributed by atoms with E-state index >= 15 is 0 Å². The number of carbonyl (C=O) groups is 1. The van der Waals surface area contributed by atoms with E-state index in [0.717, 1.165) is 5.56 Å². The number of hydrogen-bond donors (Lipinski definition) is 1. The fourth-order valence-electron chi connectivity index (χ4n) is 2.30.